The monoisotopic (exact) mass is 202 g/mol. The minimum absolute atomic E-state index is 0.0258. The molecule has 5 heteroatoms. The molecule has 1 aromatic heterocycles. The number of nitrogens with one attached hydrogen (secondary N) is 1. The van der Waals surface area contributed by atoms with E-state index in [0.717, 1.165) is 18.3 Å². The highest BCUT2D eigenvalue weighted by Crippen LogP contribution is 2.27. The molecule has 0 aliphatic rings. The first kappa shape index (κ1) is 10.6. The van der Waals surface area contributed by atoms with Gasteiger partial charge in [0.25, 0.3) is 0 Å². The van der Waals surface area contributed by atoms with Crippen molar-refractivity contribution >= 4 is 0 Å². The lowest BCUT2D eigenvalue weighted by Gasteiger charge is -2.09. The highest BCUT2D eigenvalue weighted by atomic mass is 19.4. The van der Waals surface area contributed by atoms with Gasteiger partial charge in [0.1, 0.15) is 5.49 Å². The molecular formula is C9H9F3N2. The summed E-state index contributed by atoms with van der Waals surface area (Å²) in [6.07, 6.45) is -2.02. The minimum Gasteiger partial charge on any atom is -0.329 e. The summed E-state index contributed by atoms with van der Waals surface area (Å²) in [7, 11) is 0. The summed E-state index contributed by atoms with van der Waals surface area (Å²) in [5.41, 5.74) is -0.728. The second kappa shape index (κ2) is 3.69. The molecule has 14 heavy (non-hydrogen) atoms. The summed E-state index contributed by atoms with van der Waals surface area (Å²) in [6.45, 7) is 3.60. The molecule has 0 aromatic carbocycles. The third kappa shape index (κ3) is 2.25. The second-order valence-corrected chi connectivity index (χ2v) is 2.74. The van der Waals surface area contributed by atoms with Crippen LogP contribution in [-0.4, -0.2) is 4.57 Å². The third-order valence-corrected chi connectivity index (χ3v) is 1.68. The SMILES string of the molecule is C=CCn1cc(C(F)(F)F)ccc1=N. The van der Waals surface area contributed by atoms with E-state index < -0.39 is 11.7 Å². The van der Waals surface area contributed by atoms with Crippen molar-refractivity contribution in [3.8, 4) is 0 Å². The zero-order valence-electron chi connectivity index (χ0n) is 7.30. The van der Waals surface area contributed by atoms with Gasteiger partial charge in [0, 0.05) is 12.7 Å². The fourth-order valence-corrected chi connectivity index (χ4v) is 1.00. The number of hydrogen-bond donors (Lipinski definition) is 1. The van der Waals surface area contributed by atoms with E-state index in [1.165, 1.54) is 10.6 Å². The van der Waals surface area contributed by atoms with Crippen molar-refractivity contribution in [2.75, 3.05) is 0 Å². The first-order chi connectivity index (χ1) is 6.45. The Bertz CT molecular complexity index is 390. The average molecular weight is 202 g/mol. The number of allylic oxidation sites excluding steroid dienone is 1. The van der Waals surface area contributed by atoms with Crippen molar-refractivity contribution in [3.63, 3.8) is 0 Å². The van der Waals surface area contributed by atoms with Crippen molar-refractivity contribution in [2.45, 2.75) is 12.7 Å². The number of nitrogens with zero attached hydrogens (tertiary/aromatic N) is 1. The number of hydrogen-bond acceptors (Lipinski definition) is 1. The molecular weight excluding hydrogens is 193 g/mol. The quantitative estimate of drug-likeness (QED) is 0.712. The van der Waals surface area contributed by atoms with Crippen LogP contribution in [0.15, 0.2) is 31.0 Å². The predicted octanol–water partition coefficient (Wildman–Crippen LogP) is 2.17. The Balaban J connectivity index is 3.19. The van der Waals surface area contributed by atoms with Gasteiger partial charge in [0.15, 0.2) is 0 Å². The standard InChI is InChI=1S/C9H9F3N2/c1-2-5-14-6-7(9(10,11)12)3-4-8(14)13/h2-4,6,13H,1,5H2. The van der Waals surface area contributed by atoms with Crippen LogP contribution < -0.4 is 5.49 Å². The van der Waals surface area contributed by atoms with Crippen molar-refractivity contribution in [3.05, 3.63) is 42.0 Å². The highest BCUT2D eigenvalue weighted by molar-refractivity contribution is 5.13. The minimum atomic E-state index is -4.36. The highest BCUT2D eigenvalue weighted by Gasteiger charge is 2.30. The fraction of sp³-hybridized carbons (Fsp3) is 0.222. The molecule has 1 rings (SSSR count). The third-order valence-electron chi connectivity index (χ3n) is 1.68. The maximum Gasteiger partial charge on any atom is 0.417 e. The smallest absolute Gasteiger partial charge is 0.329 e. The van der Waals surface area contributed by atoms with Gasteiger partial charge in [0.05, 0.1) is 5.56 Å². The molecule has 0 radical (unpaired) electrons. The van der Waals surface area contributed by atoms with Crippen LogP contribution in [0.2, 0.25) is 0 Å². The lowest BCUT2D eigenvalue weighted by Crippen LogP contribution is -2.20. The maximum absolute atomic E-state index is 12.2. The van der Waals surface area contributed by atoms with Crippen LogP contribution in [-0.2, 0) is 12.7 Å². The van der Waals surface area contributed by atoms with Gasteiger partial charge in [-0.25, -0.2) is 0 Å². The zero-order chi connectivity index (χ0) is 10.8. The molecule has 1 N–H and O–H groups in total. The molecule has 1 heterocycles. The van der Waals surface area contributed by atoms with Gasteiger partial charge >= 0.3 is 6.18 Å². The Kier molecular flexibility index (Phi) is 2.78. The van der Waals surface area contributed by atoms with E-state index in [4.69, 9.17) is 5.41 Å². The molecule has 0 unspecified atom stereocenters. The Morgan fingerprint density at radius 2 is 2.07 bits per heavy atom. The number of alkyl halides is 3. The van der Waals surface area contributed by atoms with Gasteiger partial charge < -0.3 is 4.57 Å². The lowest BCUT2D eigenvalue weighted by atomic mass is 10.3. The molecule has 2 nitrogen and oxygen atoms in total. The van der Waals surface area contributed by atoms with Gasteiger partial charge in [-0.05, 0) is 12.1 Å². The van der Waals surface area contributed by atoms with Crippen LogP contribution in [0.4, 0.5) is 13.2 Å². The second-order valence-electron chi connectivity index (χ2n) is 2.74. The van der Waals surface area contributed by atoms with Crippen molar-refractivity contribution < 1.29 is 13.2 Å². The van der Waals surface area contributed by atoms with E-state index in [-0.39, 0.29) is 12.0 Å². The molecule has 76 valence electrons. The molecule has 1 aromatic rings. The molecule has 0 saturated heterocycles. The number of rotatable bonds is 2. The Morgan fingerprint density at radius 3 is 2.57 bits per heavy atom. The Hall–Kier alpha value is -1.52. The summed E-state index contributed by atoms with van der Waals surface area (Å²) in [4.78, 5) is 0. The van der Waals surface area contributed by atoms with E-state index in [1.807, 2.05) is 0 Å². The van der Waals surface area contributed by atoms with Crippen molar-refractivity contribution in [1.29, 1.82) is 5.41 Å². The van der Waals surface area contributed by atoms with Crippen LogP contribution in [0, 0.1) is 5.41 Å². The van der Waals surface area contributed by atoms with Gasteiger partial charge in [-0.15, -0.1) is 6.58 Å². The fourth-order valence-electron chi connectivity index (χ4n) is 1.00. The zero-order valence-corrected chi connectivity index (χ0v) is 7.30. The summed E-state index contributed by atoms with van der Waals surface area (Å²) in [6, 6.07) is 2.01. The first-order valence-electron chi connectivity index (χ1n) is 3.88. The van der Waals surface area contributed by atoms with Crippen molar-refractivity contribution in [1.82, 2.24) is 4.57 Å². The van der Waals surface area contributed by atoms with Gasteiger partial charge in [0.2, 0.25) is 0 Å². The largest absolute Gasteiger partial charge is 0.417 e. The van der Waals surface area contributed by atoms with Crippen LogP contribution in [0.25, 0.3) is 0 Å². The first-order valence-corrected chi connectivity index (χ1v) is 3.88. The molecule has 0 aliphatic carbocycles. The van der Waals surface area contributed by atoms with Gasteiger partial charge in [-0.1, -0.05) is 6.08 Å². The molecule has 0 bridgehead atoms. The molecule has 0 saturated carbocycles. The Morgan fingerprint density at radius 1 is 1.43 bits per heavy atom. The van der Waals surface area contributed by atoms with Crippen LogP contribution in [0.5, 0.6) is 0 Å². The summed E-state index contributed by atoms with van der Waals surface area (Å²) < 4.78 is 37.9. The normalized spacial score (nSPS) is 11.4. The predicted molar refractivity (Wildman–Crippen MR) is 45.5 cm³/mol. The van der Waals surface area contributed by atoms with Crippen LogP contribution in [0.1, 0.15) is 5.56 Å². The molecule has 0 aliphatic heterocycles. The van der Waals surface area contributed by atoms with Crippen LogP contribution in [0.3, 0.4) is 0 Å². The average Bonchev–Trinajstić information content (AvgIpc) is 2.07. The molecule has 0 spiro atoms. The Labute approximate surface area is 78.8 Å². The van der Waals surface area contributed by atoms with Gasteiger partial charge in [-0.3, -0.25) is 5.41 Å². The lowest BCUT2D eigenvalue weighted by molar-refractivity contribution is -0.138. The van der Waals surface area contributed by atoms with E-state index in [2.05, 4.69) is 6.58 Å². The van der Waals surface area contributed by atoms with E-state index in [0.29, 0.717) is 0 Å². The maximum atomic E-state index is 12.2. The van der Waals surface area contributed by atoms with Crippen molar-refractivity contribution in [2.24, 2.45) is 0 Å². The number of aromatic nitrogens is 1. The van der Waals surface area contributed by atoms with E-state index in [9.17, 15) is 13.2 Å². The van der Waals surface area contributed by atoms with Gasteiger partial charge in [-0.2, -0.15) is 13.2 Å². The summed E-state index contributed by atoms with van der Waals surface area (Å²) >= 11 is 0. The van der Waals surface area contributed by atoms with E-state index in [1.54, 1.807) is 0 Å². The molecule has 0 fully saturated rings. The molecule has 0 amide bonds. The number of halogens is 3. The topological polar surface area (TPSA) is 28.8 Å². The summed E-state index contributed by atoms with van der Waals surface area (Å²) in [5.74, 6) is 0. The number of pyridine rings is 1. The van der Waals surface area contributed by atoms with Crippen LogP contribution >= 0.6 is 0 Å². The molecule has 0 atom stereocenters. The summed E-state index contributed by atoms with van der Waals surface area (Å²) in [5, 5.41) is 7.32. The van der Waals surface area contributed by atoms with E-state index >= 15 is 0 Å².